The first-order valence-corrected chi connectivity index (χ1v) is 12.4. The topological polar surface area (TPSA) is 127 Å². The van der Waals surface area contributed by atoms with Crippen LogP contribution in [0.5, 0.6) is 5.88 Å². The average Bonchev–Trinajstić information content (AvgIpc) is 3.09. The van der Waals surface area contributed by atoms with Gasteiger partial charge in [-0.15, -0.1) is 5.11 Å². The van der Waals surface area contributed by atoms with Crippen molar-refractivity contribution in [2.75, 3.05) is 19.5 Å². The number of methoxy groups -OCH3 is 1. The van der Waals surface area contributed by atoms with Gasteiger partial charge in [-0.2, -0.15) is 10.2 Å². The Labute approximate surface area is 210 Å². The molecule has 10 heteroatoms. The fourth-order valence-electron chi connectivity index (χ4n) is 5.55. The monoisotopic (exact) mass is 495 g/mol. The number of Topliss-reactive ketones (excluding diaryl/α,β-unsaturated/α-hetero) is 1. The molecule has 9 nitrogen and oxygen atoms in total. The normalized spacial score (nSPS) is 23.1. The van der Waals surface area contributed by atoms with Gasteiger partial charge in [0.25, 0.3) is 0 Å². The third kappa shape index (κ3) is 5.08. The molecule has 0 amide bonds. The van der Waals surface area contributed by atoms with E-state index in [1.165, 1.54) is 13.2 Å². The van der Waals surface area contributed by atoms with Crippen molar-refractivity contribution in [2.45, 2.75) is 70.3 Å². The molecule has 2 aromatic heterocycles. The Balaban J connectivity index is 1.49. The van der Waals surface area contributed by atoms with Gasteiger partial charge in [-0.3, -0.25) is 4.79 Å². The predicted molar refractivity (Wildman–Crippen MR) is 136 cm³/mol. The number of anilines is 1. The Bertz CT molecular complexity index is 1200. The maximum Gasteiger partial charge on any atom is 0.213 e. The zero-order chi connectivity index (χ0) is 25.9. The van der Waals surface area contributed by atoms with Crippen LogP contribution in [-0.2, 0) is 11.2 Å². The number of hydrazone groups is 1. The number of nitrogens with one attached hydrogen (secondary N) is 1. The van der Waals surface area contributed by atoms with Crippen molar-refractivity contribution in [3.8, 4) is 5.88 Å². The highest BCUT2D eigenvalue weighted by Crippen LogP contribution is 2.42. The molecule has 1 saturated carbocycles. The van der Waals surface area contributed by atoms with Crippen molar-refractivity contribution in [3.63, 3.8) is 0 Å². The number of ether oxygens (including phenoxy) is 1. The fourth-order valence-corrected chi connectivity index (χ4v) is 5.55. The molecule has 3 unspecified atom stereocenters. The summed E-state index contributed by atoms with van der Waals surface area (Å²) in [5, 5.41) is 15.3. The van der Waals surface area contributed by atoms with Gasteiger partial charge in [-0.1, -0.05) is 13.3 Å². The molecule has 1 spiro atoms. The van der Waals surface area contributed by atoms with Crippen LogP contribution in [0.1, 0.15) is 73.8 Å². The van der Waals surface area contributed by atoms with Gasteiger partial charge in [0.1, 0.15) is 17.4 Å². The lowest BCUT2D eigenvalue weighted by atomic mass is 9.80. The van der Waals surface area contributed by atoms with Crippen molar-refractivity contribution in [2.24, 2.45) is 27.1 Å². The molecule has 2 aliphatic rings. The molecule has 3 atom stereocenters. The van der Waals surface area contributed by atoms with E-state index in [-0.39, 0.29) is 17.2 Å². The van der Waals surface area contributed by atoms with Gasteiger partial charge in [-0.05, 0) is 57.1 Å². The van der Waals surface area contributed by atoms with E-state index in [0.29, 0.717) is 17.3 Å². The largest absolute Gasteiger partial charge is 0.481 e. The molecule has 1 fully saturated rings. The van der Waals surface area contributed by atoms with Gasteiger partial charge in [0.2, 0.25) is 11.7 Å². The first-order valence-electron chi connectivity index (χ1n) is 12.4. The molecule has 192 valence electrons. The van der Waals surface area contributed by atoms with Gasteiger partial charge in [-0.25, -0.2) is 14.4 Å². The summed E-state index contributed by atoms with van der Waals surface area (Å²) in [7, 11) is 3.06. The van der Waals surface area contributed by atoms with Crippen LogP contribution in [-0.4, -0.2) is 41.3 Å². The molecular formula is C26H34FN7O2. The van der Waals surface area contributed by atoms with Gasteiger partial charge >= 0.3 is 0 Å². The summed E-state index contributed by atoms with van der Waals surface area (Å²) in [6.45, 7) is 3.68. The highest BCUT2D eigenvalue weighted by Gasteiger charge is 2.39. The molecule has 0 aromatic carbocycles. The second kappa shape index (κ2) is 10.7. The highest BCUT2D eigenvalue weighted by atomic mass is 19.1. The lowest BCUT2D eigenvalue weighted by molar-refractivity contribution is -0.124. The van der Waals surface area contributed by atoms with Crippen molar-refractivity contribution in [1.29, 1.82) is 0 Å². The highest BCUT2D eigenvalue weighted by molar-refractivity contribution is 6.00. The third-order valence-corrected chi connectivity index (χ3v) is 7.65. The Morgan fingerprint density at radius 2 is 2.11 bits per heavy atom. The van der Waals surface area contributed by atoms with Gasteiger partial charge in [0.05, 0.1) is 19.0 Å². The van der Waals surface area contributed by atoms with Crippen LogP contribution < -0.4 is 15.9 Å². The molecule has 4 rings (SSSR count). The molecule has 0 bridgehead atoms. The minimum Gasteiger partial charge on any atom is -0.481 e. The van der Waals surface area contributed by atoms with Crippen LogP contribution in [0.4, 0.5) is 10.2 Å². The van der Waals surface area contributed by atoms with E-state index >= 15 is 0 Å². The molecule has 36 heavy (non-hydrogen) atoms. The number of hydrogen-bond donors (Lipinski definition) is 2. The minimum atomic E-state index is -0.553. The summed E-state index contributed by atoms with van der Waals surface area (Å²) in [6, 6.07) is 3.57. The van der Waals surface area contributed by atoms with E-state index in [0.717, 1.165) is 73.8 Å². The molecule has 3 heterocycles. The molecule has 1 aliphatic carbocycles. The summed E-state index contributed by atoms with van der Waals surface area (Å²) in [5.41, 5.74) is 2.89. The fraction of sp³-hybridized carbons (Fsp3) is 0.538. The number of pyridine rings is 2. The van der Waals surface area contributed by atoms with E-state index in [4.69, 9.17) is 15.6 Å². The number of aromatic nitrogens is 2. The molecule has 0 radical (unpaired) electrons. The van der Waals surface area contributed by atoms with E-state index in [1.807, 2.05) is 13.0 Å². The van der Waals surface area contributed by atoms with Crippen LogP contribution >= 0.6 is 0 Å². The van der Waals surface area contributed by atoms with Crippen LogP contribution in [0, 0.1) is 18.7 Å². The number of ketones is 1. The summed E-state index contributed by atoms with van der Waals surface area (Å²) in [4.78, 5) is 22.1. The van der Waals surface area contributed by atoms with Crippen molar-refractivity contribution in [1.82, 2.24) is 9.97 Å². The molecule has 1 aliphatic heterocycles. The number of carbonyl (C=O) groups excluding carboxylic acids is 1. The van der Waals surface area contributed by atoms with E-state index in [1.54, 1.807) is 14.0 Å². The van der Waals surface area contributed by atoms with Crippen molar-refractivity contribution < 1.29 is 13.9 Å². The van der Waals surface area contributed by atoms with Crippen molar-refractivity contribution in [3.05, 3.63) is 46.5 Å². The Morgan fingerprint density at radius 3 is 2.83 bits per heavy atom. The number of halogens is 1. The lowest BCUT2D eigenvalue weighted by Gasteiger charge is -2.39. The standard InChI is InChI=1S/C26H34FN7O2/c1-15(19-13-22(36-4)30-14-21(19)27)23(35)17-6-5-9-26(10-7-17)11-8-18-12-20(25(33-28)34-29-3)16(2)31-24(18)32-26/h12-15,17H,5-11,28H2,1-4H3,(H,31,32)/b33-25-,34-29?. The minimum absolute atomic E-state index is 0.0766. The molecule has 3 N–H and O–H groups in total. The number of azo groups is 1. The second-order valence-corrected chi connectivity index (χ2v) is 9.79. The zero-order valence-corrected chi connectivity index (χ0v) is 21.3. The number of fused-ring (bicyclic) bond motifs is 1. The molecular weight excluding hydrogens is 461 g/mol. The predicted octanol–water partition coefficient (Wildman–Crippen LogP) is 4.69. The number of hydrogen-bond acceptors (Lipinski definition) is 8. The number of amidine groups is 1. The van der Waals surface area contributed by atoms with Gasteiger partial charge in [0.15, 0.2) is 0 Å². The lowest BCUT2D eigenvalue weighted by Crippen LogP contribution is -2.42. The smallest absolute Gasteiger partial charge is 0.213 e. The summed E-state index contributed by atoms with van der Waals surface area (Å²) in [5.74, 6) is 6.00. The Morgan fingerprint density at radius 1 is 1.31 bits per heavy atom. The first-order chi connectivity index (χ1) is 17.3. The number of carbonyl (C=O) groups is 1. The van der Waals surface area contributed by atoms with E-state index < -0.39 is 11.7 Å². The van der Waals surface area contributed by atoms with Crippen LogP contribution in [0.25, 0.3) is 0 Å². The van der Waals surface area contributed by atoms with Gasteiger partial charge in [0, 0.05) is 41.6 Å². The Hall–Kier alpha value is -3.43. The SMILES string of the molecule is CN=N/C(=N\N)c1cc2c(nc1C)NC1(CCCC(C(=O)C(C)c3cc(OC)ncc3F)CC1)CC2. The number of nitrogens with two attached hydrogens (primary N) is 1. The first kappa shape index (κ1) is 25.7. The number of aryl methyl sites for hydroxylation is 2. The summed E-state index contributed by atoms with van der Waals surface area (Å²) < 4.78 is 19.6. The molecule has 2 aromatic rings. The van der Waals surface area contributed by atoms with E-state index in [9.17, 15) is 9.18 Å². The van der Waals surface area contributed by atoms with E-state index in [2.05, 4.69) is 25.6 Å². The summed E-state index contributed by atoms with van der Waals surface area (Å²) in [6.07, 6.45) is 7.23. The second-order valence-electron chi connectivity index (χ2n) is 9.79. The zero-order valence-electron chi connectivity index (χ0n) is 21.3. The third-order valence-electron chi connectivity index (χ3n) is 7.65. The number of rotatable bonds is 5. The summed E-state index contributed by atoms with van der Waals surface area (Å²) >= 11 is 0. The maximum atomic E-state index is 14.5. The van der Waals surface area contributed by atoms with Crippen molar-refractivity contribution >= 4 is 17.4 Å². The van der Waals surface area contributed by atoms with Crippen LogP contribution in [0.15, 0.2) is 33.7 Å². The Kier molecular flexibility index (Phi) is 7.61. The maximum absolute atomic E-state index is 14.5. The quantitative estimate of drug-likeness (QED) is 0.204. The van der Waals surface area contributed by atoms with Gasteiger partial charge < -0.3 is 15.9 Å². The van der Waals surface area contributed by atoms with Crippen LogP contribution in [0.3, 0.4) is 0 Å². The number of nitrogens with zero attached hydrogens (tertiary/aromatic N) is 5. The molecule has 0 saturated heterocycles. The van der Waals surface area contributed by atoms with Crippen LogP contribution in [0.2, 0.25) is 0 Å². The average molecular weight is 496 g/mol.